The van der Waals surface area contributed by atoms with E-state index in [-0.39, 0.29) is 10.4 Å². The Hall–Kier alpha value is -0.540. The molecule has 1 saturated carbocycles. The van der Waals surface area contributed by atoms with E-state index >= 15 is 0 Å². The van der Waals surface area contributed by atoms with Crippen molar-refractivity contribution in [3.63, 3.8) is 0 Å². The first-order chi connectivity index (χ1) is 8.99. The lowest BCUT2D eigenvalue weighted by Crippen LogP contribution is -2.45. The van der Waals surface area contributed by atoms with E-state index in [2.05, 4.69) is 28.1 Å². The molecule has 3 heteroatoms. The zero-order valence-corrected chi connectivity index (χ0v) is 13.1. The second-order valence-electron chi connectivity index (χ2n) is 6.33. The number of aliphatic hydroxyl groups excluding tert-OH is 1. The van der Waals surface area contributed by atoms with Gasteiger partial charge in [0.15, 0.2) is 0 Å². The van der Waals surface area contributed by atoms with E-state index in [1.54, 1.807) is 0 Å². The van der Waals surface area contributed by atoms with Crippen LogP contribution in [-0.4, -0.2) is 15.5 Å². The van der Waals surface area contributed by atoms with E-state index < -0.39 is 6.10 Å². The third-order valence-electron chi connectivity index (χ3n) is 4.49. The molecule has 1 N–H and O–H groups in total. The zero-order chi connectivity index (χ0) is 13.6. The number of ether oxygens (including phenoxy) is 1. The number of hydrogen-bond acceptors (Lipinski definition) is 2. The maximum absolute atomic E-state index is 10.5. The largest absolute Gasteiger partial charge is 0.486 e. The third-order valence-corrected chi connectivity index (χ3v) is 6.10. The van der Waals surface area contributed by atoms with Gasteiger partial charge >= 0.3 is 0 Å². The predicted octanol–water partition coefficient (Wildman–Crippen LogP) is 4.31. The van der Waals surface area contributed by atoms with Gasteiger partial charge in [-0.2, -0.15) is 0 Å². The van der Waals surface area contributed by atoms with Crippen molar-refractivity contribution in [1.29, 1.82) is 0 Å². The summed E-state index contributed by atoms with van der Waals surface area (Å²) in [4.78, 5) is -0.0775. The van der Waals surface area contributed by atoms with E-state index in [4.69, 9.17) is 4.74 Å². The highest BCUT2D eigenvalue weighted by molar-refractivity contribution is 9.09. The van der Waals surface area contributed by atoms with Crippen molar-refractivity contribution < 1.29 is 9.84 Å². The van der Waals surface area contributed by atoms with Crippen molar-refractivity contribution in [2.75, 3.05) is 0 Å². The Morgan fingerprint density at radius 3 is 2.63 bits per heavy atom. The summed E-state index contributed by atoms with van der Waals surface area (Å²) < 4.78 is 6.01. The Morgan fingerprint density at radius 1 is 1.26 bits per heavy atom. The second kappa shape index (κ2) is 4.78. The minimum atomic E-state index is -0.500. The Kier molecular flexibility index (Phi) is 3.38. The van der Waals surface area contributed by atoms with Crippen molar-refractivity contribution in [1.82, 2.24) is 0 Å². The Labute approximate surface area is 123 Å². The molecule has 3 rings (SSSR count). The Morgan fingerprint density at radius 2 is 1.95 bits per heavy atom. The number of aliphatic hydroxyl groups is 1. The molecule has 1 aromatic carbocycles. The molecular formula is C16H21BrO2. The molecule has 1 aromatic rings. The van der Waals surface area contributed by atoms with Crippen LogP contribution in [0.4, 0.5) is 0 Å². The molecule has 2 atom stereocenters. The first-order valence-corrected chi connectivity index (χ1v) is 8.05. The van der Waals surface area contributed by atoms with Gasteiger partial charge in [0.05, 0.1) is 10.9 Å². The smallest absolute Gasteiger partial charge is 0.126 e. The summed E-state index contributed by atoms with van der Waals surface area (Å²) in [7, 11) is 0. The average Bonchev–Trinajstić information content (AvgIpc) is 2.89. The fourth-order valence-electron chi connectivity index (χ4n) is 3.28. The first-order valence-electron chi connectivity index (χ1n) is 7.14. The van der Waals surface area contributed by atoms with Gasteiger partial charge in [-0.25, -0.2) is 0 Å². The number of hydrogen-bond donors (Lipinski definition) is 1. The van der Waals surface area contributed by atoms with Crippen molar-refractivity contribution in [2.24, 2.45) is 0 Å². The van der Waals surface area contributed by atoms with Gasteiger partial charge in [-0.15, -0.1) is 0 Å². The van der Waals surface area contributed by atoms with Crippen LogP contribution in [0.15, 0.2) is 18.2 Å². The number of alkyl halides is 1. The summed E-state index contributed by atoms with van der Waals surface area (Å²) >= 11 is 3.58. The summed E-state index contributed by atoms with van der Waals surface area (Å²) in [6, 6.07) is 6.36. The van der Waals surface area contributed by atoms with Gasteiger partial charge in [0.1, 0.15) is 11.4 Å². The molecule has 1 aliphatic carbocycles. The van der Waals surface area contributed by atoms with E-state index in [1.165, 1.54) is 31.2 Å². The van der Waals surface area contributed by atoms with Crippen molar-refractivity contribution in [3.05, 3.63) is 29.3 Å². The average molecular weight is 325 g/mol. The van der Waals surface area contributed by atoms with E-state index in [0.29, 0.717) is 5.92 Å². The minimum absolute atomic E-state index is 0.0775. The predicted molar refractivity (Wildman–Crippen MR) is 80.0 cm³/mol. The number of halogens is 1. The molecule has 1 fully saturated rings. The van der Waals surface area contributed by atoms with Gasteiger partial charge in [0.25, 0.3) is 0 Å². The molecular weight excluding hydrogens is 304 g/mol. The molecule has 1 aliphatic heterocycles. The van der Waals surface area contributed by atoms with Crippen LogP contribution < -0.4 is 4.74 Å². The van der Waals surface area contributed by atoms with Crippen LogP contribution in [0, 0.1) is 0 Å². The highest BCUT2D eigenvalue weighted by Gasteiger charge is 2.41. The van der Waals surface area contributed by atoms with Crippen molar-refractivity contribution in [2.45, 2.75) is 62.0 Å². The second-order valence-corrected chi connectivity index (χ2v) is 7.32. The van der Waals surface area contributed by atoms with Crippen LogP contribution in [-0.2, 0) is 0 Å². The lowest BCUT2D eigenvalue weighted by Gasteiger charge is -2.40. The molecule has 1 heterocycles. The molecule has 0 aromatic heterocycles. The van der Waals surface area contributed by atoms with Crippen molar-refractivity contribution in [3.8, 4) is 5.75 Å². The minimum Gasteiger partial charge on any atom is -0.486 e. The normalized spacial score (nSPS) is 29.9. The molecule has 0 spiro atoms. The van der Waals surface area contributed by atoms with Gasteiger partial charge in [-0.05, 0) is 50.3 Å². The fraction of sp³-hybridized carbons (Fsp3) is 0.625. The summed E-state index contributed by atoms with van der Waals surface area (Å²) in [6.45, 7) is 4.01. The summed E-state index contributed by atoms with van der Waals surface area (Å²) in [6.07, 6.45) is 4.71. The van der Waals surface area contributed by atoms with Crippen LogP contribution in [0.5, 0.6) is 5.75 Å². The van der Waals surface area contributed by atoms with Crippen LogP contribution in [0.25, 0.3) is 0 Å². The van der Waals surface area contributed by atoms with Crippen LogP contribution in [0.1, 0.15) is 62.7 Å². The fourth-order valence-corrected chi connectivity index (χ4v) is 3.66. The molecule has 19 heavy (non-hydrogen) atoms. The van der Waals surface area contributed by atoms with Gasteiger partial charge in [0.2, 0.25) is 0 Å². The van der Waals surface area contributed by atoms with E-state index in [0.717, 1.165) is 11.3 Å². The monoisotopic (exact) mass is 324 g/mol. The lowest BCUT2D eigenvalue weighted by molar-refractivity contribution is 0.0225. The zero-order valence-electron chi connectivity index (χ0n) is 11.5. The van der Waals surface area contributed by atoms with Gasteiger partial charge < -0.3 is 9.84 Å². The molecule has 2 nitrogen and oxygen atoms in total. The number of rotatable bonds is 1. The summed E-state index contributed by atoms with van der Waals surface area (Å²) in [5.41, 5.74) is 1.91. The number of benzene rings is 1. The SMILES string of the molecule is CC1(C)Oc2ccc(C3CCCC3)cc2[C@@H](O)[C@@H]1Br. The quantitative estimate of drug-likeness (QED) is 0.780. The molecule has 104 valence electrons. The number of fused-ring (bicyclic) bond motifs is 1. The lowest BCUT2D eigenvalue weighted by atomic mass is 9.88. The summed E-state index contributed by atoms with van der Waals surface area (Å²) in [5, 5.41) is 10.5. The van der Waals surface area contributed by atoms with Crippen LogP contribution >= 0.6 is 15.9 Å². The molecule has 0 unspecified atom stereocenters. The molecule has 0 amide bonds. The van der Waals surface area contributed by atoms with Gasteiger partial charge in [0, 0.05) is 5.56 Å². The maximum atomic E-state index is 10.5. The van der Waals surface area contributed by atoms with Crippen LogP contribution in [0.2, 0.25) is 0 Å². The standard InChI is InChI=1S/C16H21BrO2/c1-16(2)15(17)14(18)12-9-11(7-8-13(12)19-16)10-5-3-4-6-10/h7-10,14-15,18H,3-6H2,1-2H3/t14-,15+/m1/s1. The van der Waals surface area contributed by atoms with E-state index in [9.17, 15) is 5.11 Å². The first kappa shape index (κ1) is 13.4. The molecule has 0 bridgehead atoms. The van der Waals surface area contributed by atoms with E-state index in [1.807, 2.05) is 19.9 Å². The topological polar surface area (TPSA) is 29.5 Å². The van der Waals surface area contributed by atoms with Crippen molar-refractivity contribution >= 4 is 15.9 Å². The van der Waals surface area contributed by atoms with Gasteiger partial charge in [-0.1, -0.05) is 34.8 Å². The highest BCUT2D eigenvalue weighted by Crippen LogP contribution is 2.45. The maximum Gasteiger partial charge on any atom is 0.126 e. The third kappa shape index (κ3) is 2.31. The Bertz CT molecular complexity index is 478. The molecule has 0 saturated heterocycles. The molecule has 2 aliphatic rings. The summed E-state index contributed by atoms with van der Waals surface area (Å²) in [5.74, 6) is 1.50. The van der Waals surface area contributed by atoms with Crippen LogP contribution in [0.3, 0.4) is 0 Å². The Balaban J connectivity index is 1.97. The van der Waals surface area contributed by atoms with Gasteiger partial charge in [-0.3, -0.25) is 0 Å². The highest BCUT2D eigenvalue weighted by atomic mass is 79.9. The molecule has 0 radical (unpaired) electrons.